The van der Waals surface area contributed by atoms with Gasteiger partial charge in [0.1, 0.15) is 19.3 Å². The molecule has 0 saturated carbocycles. The first kappa shape index (κ1) is 75.0. The van der Waals surface area contributed by atoms with Crippen molar-refractivity contribution in [3.63, 3.8) is 0 Å². The summed E-state index contributed by atoms with van der Waals surface area (Å²) in [5.41, 5.74) is 0. The predicted octanol–water partition coefficient (Wildman–Crippen LogP) is 20.5. The van der Waals surface area contributed by atoms with Crippen molar-refractivity contribution in [1.82, 2.24) is 5.32 Å². The Balaban J connectivity index is 5.08. The average Bonchev–Trinajstić information content (AvgIpc) is 3.39. The van der Waals surface area contributed by atoms with Gasteiger partial charge < -0.3 is 19.4 Å². The maximum absolute atomic E-state index is 13.5. The van der Waals surface area contributed by atoms with Crippen LogP contribution < -0.4 is 5.32 Å². The highest BCUT2D eigenvalue weighted by molar-refractivity contribution is 7.47. The lowest BCUT2D eigenvalue weighted by atomic mass is 10.0. The average molecular weight is 1100 g/mol. The number of nitrogens with one attached hydrogen (secondary N) is 1. The number of likely N-dealkylation sites (N-methyl/N-ethyl adjacent to an activating group) is 1. The molecule has 0 spiro atoms. The molecule has 0 aliphatic carbocycles. The first-order valence-corrected chi connectivity index (χ1v) is 34.5. The maximum atomic E-state index is 13.5. The van der Waals surface area contributed by atoms with E-state index in [4.69, 9.17) is 13.8 Å². The molecule has 452 valence electrons. The molecule has 0 radical (unpaired) electrons. The third-order valence-corrected chi connectivity index (χ3v) is 15.7. The molecule has 1 amide bonds. The summed E-state index contributed by atoms with van der Waals surface area (Å²) in [5.74, 6) is -0.513. The van der Waals surface area contributed by atoms with Crippen molar-refractivity contribution >= 4 is 19.7 Å². The third-order valence-electron chi connectivity index (χ3n) is 14.7. The second-order valence-corrected chi connectivity index (χ2v) is 25.1. The molecular weight excluding hydrogens is 976 g/mol. The minimum atomic E-state index is -4.45. The summed E-state index contributed by atoms with van der Waals surface area (Å²) in [6.45, 7) is 7.00. The monoisotopic (exact) mass is 1100 g/mol. The Hall–Kier alpha value is -2.03. The molecule has 0 aliphatic heterocycles. The second-order valence-electron chi connectivity index (χ2n) is 23.6. The lowest BCUT2D eigenvalue weighted by Gasteiger charge is -2.27. The Labute approximate surface area is 478 Å². The molecule has 0 saturated heterocycles. The topological polar surface area (TPSA) is 111 Å². The van der Waals surface area contributed by atoms with Gasteiger partial charge in [0.25, 0.3) is 0 Å². The van der Waals surface area contributed by atoms with Gasteiger partial charge in [0.05, 0.1) is 33.8 Å². The molecule has 0 fully saturated rings. The molecule has 9 nitrogen and oxygen atoms in total. The molecule has 0 heterocycles. The van der Waals surface area contributed by atoms with E-state index in [0.717, 1.165) is 77.0 Å². The van der Waals surface area contributed by atoms with Crippen LogP contribution in [0.4, 0.5) is 0 Å². The van der Waals surface area contributed by atoms with Crippen LogP contribution in [0.1, 0.15) is 316 Å². The van der Waals surface area contributed by atoms with Gasteiger partial charge in [-0.15, -0.1) is 0 Å². The molecule has 0 aromatic rings. The van der Waals surface area contributed by atoms with Crippen molar-refractivity contribution in [2.75, 3.05) is 40.9 Å². The van der Waals surface area contributed by atoms with Gasteiger partial charge in [-0.3, -0.25) is 18.6 Å². The lowest BCUT2D eigenvalue weighted by Crippen LogP contribution is -2.47. The summed E-state index contributed by atoms with van der Waals surface area (Å²) in [6.07, 6.45) is 71.2. The van der Waals surface area contributed by atoms with Crippen molar-refractivity contribution in [1.29, 1.82) is 0 Å². The number of allylic oxidation sites excluding steroid dienone is 7. The summed E-state index contributed by atoms with van der Waals surface area (Å²) in [4.78, 5) is 37.7. The Morgan fingerprint density at radius 1 is 0.455 bits per heavy atom. The van der Waals surface area contributed by atoms with Gasteiger partial charge in [-0.05, 0) is 89.5 Å². The number of ether oxygens (including phenoxy) is 1. The Morgan fingerprint density at radius 3 is 1.22 bits per heavy atom. The number of esters is 1. The molecule has 3 atom stereocenters. The van der Waals surface area contributed by atoms with Crippen LogP contribution in [-0.4, -0.2) is 74.3 Å². The highest BCUT2D eigenvalue weighted by Crippen LogP contribution is 2.43. The lowest BCUT2D eigenvalue weighted by molar-refractivity contribution is -0.870. The number of phosphoric acid groups is 1. The molecular formula is C67H128N2O7P+. The number of hydrogen-bond donors (Lipinski definition) is 2. The number of hydrogen-bond acceptors (Lipinski definition) is 6. The highest BCUT2D eigenvalue weighted by Gasteiger charge is 2.30. The van der Waals surface area contributed by atoms with Gasteiger partial charge in [-0.2, -0.15) is 0 Å². The molecule has 77 heavy (non-hydrogen) atoms. The van der Waals surface area contributed by atoms with Crippen molar-refractivity contribution in [3.8, 4) is 0 Å². The second kappa shape index (κ2) is 57.2. The van der Waals surface area contributed by atoms with Crippen LogP contribution >= 0.6 is 7.82 Å². The van der Waals surface area contributed by atoms with Crippen LogP contribution in [0.25, 0.3) is 0 Å². The normalized spacial score (nSPS) is 13.9. The Bertz CT molecular complexity index is 1460. The van der Waals surface area contributed by atoms with E-state index in [1.807, 2.05) is 33.3 Å². The zero-order valence-electron chi connectivity index (χ0n) is 51.7. The van der Waals surface area contributed by atoms with Crippen molar-refractivity contribution in [2.24, 2.45) is 0 Å². The number of phosphoric ester groups is 1. The van der Waals surface area contributed by atoms with E-state index in [-0.39, 0.29) is 25.1 Å². The molecule has 0 rings (SSSR count). The van der Waals surface area contributed by atoms with Crippen LogP contribution in [0.5, 0.6) is 0 Å². The van der Waals surface area contributed by atoms with Gasteiger partial charge in [0.15, 0.2) is 0 Å². The summed E-state index contributed by atoms with van der Waals surface area (Å²) in [5, 5.41) is 3.05. The fourth-order valence-electron chi connectivity index (χ4n) is 9.61. The number of carbonyl (C=O) groups is 2. The summed E-state index contributed by atoms with van der Waals surface area (Å²) in [7, 11) is 1.50. The first-order valence-electron chi connectivity index (χ1n) is 33.0. The Kier molecular flexibility index (Phi) is 55.7. The molecule has 2 N–H and O–H groups in total. The quantitative estimate of drug-likeness (QED) is 0.0205. The minimum absolute atomic E-state index is 0.0387. The van der Waals surface area contributed by atoms with E-state index in [2.05, 4.69) is 62.5 Å². The largest absolute Gasteiger partial charge is 0.472 e. The Morgan fingerprint density at radius 2 is 0.792 bits per heavy atom. The predicted molar refractivity (Wildman–Crippen MR) is 332 cm³/mol. The first-order chi connectivity index (χ1) is 37.4. The molecule has 0 aliphatic rings. The summed E-state index contributed by atoms with van der Waals surface area (Å²) >= 11 is 0. The fraction of sp³-hybridized carbons (Fsp3) is 0.851. The molecule has 0 bridgehead atoms. The van der Waals surface area contributed by atoms with Gasteiger partial charge in [-0.25, -0.2) is 4.57 Å². The van der Waals surface area contributed by atoms with Crippen LogP contribution in [0.3, 0.4) is 0 Å². The van der Waals surface area contributed by atoms with Crippen molar-refractivity contribution in [2.45, 2.75) is 328 Å². The van der Waals surface area contributed by atoms with Crippen LogP contribution in [0.2, 0.25) is 0 Å². The zero-order valence-corrected chi connectivity index (χ0v) is 52.6. The van der Waals surface area contributed by atoms with Crippen LogP contribution in [0, 0.1) is 0 Å². The van der Waals surface area contributed by atoms with E-state index >= 15 is 0 Å². The maximum Gasteiger partial charge on any atom is 0.472 e. The van der Waals surface area contributed by atoms with Crippen molar-refractivity contribution in [3.05, 3.63) is 48.6 Å². The number of quaternary nitrogens is 1. The van der Waals surface area contributed by atoms with Crippen molar-refractivity contribution < 1.29 is 37.3 Å². The van der Waals surface area contributed by atoms with E-state index in [0.29, 0.717) is 23.9 Å². The van der Waals surface area contributed by atoms with E-state index < -0.39 is 20.0 Å². The van der Waals surface area contributed by atoms with Gasteiger partial charge in [0, 0.05) is 12.8 Å². The van der Waals surface area contributed by atoms with Crippen LogP contribution in [-0.2, 0) is 27.9 Å². The molecule has 3 unspecified atom stereocenters. The number of unbranched alkanes of at least 4 members (excludes halogenated alkanes) is 38. The molecule has 0 aromatic heterocycles. The SMILES string of the molecule is CCCCC/C=C\C/C=C\CCCCCCCCCCCCCCCCCC(=O)OC(/C=C\CCCCCCCCCCCC)C(COP(=O)(O)OCC[N+](C)(C)C)NC(=O)CCCCC/C=C\CCCCCCCCC. The number of rotatable bonds is 60. The summed E-state index contributed by atoms with van der Waals surface area (Å²) in [6, 6.07) is -0.854. The summed E-state index contributed by atoms with van der Waals surface area (Å²) < 4.78 is 30.7. The van der Waals surface area contributed by atoms with E-state index in [9.17, 15) is 19.0 Å². The molecule has 10 heteroatoms. The number of carbonyl (C=O) groups excluding carboxylic acids is 2. The highest BCUT2D eigenvalue weighted by atomic mass is 31.2. The standard InChI is InChI=1S/C67H127N2O7P/c1-7-10-13-16-19-22-25-28-30-31-32-33-34-35-36-37-38-39-40-42-45-48-51-54-57-60-67(71)76-65(58-55-52-49-46-43-27-24-21-18-15-12-9-3)64(63-75-77(72,73)74-62-61-69(4,5)6)68-66(70)59-56-53-50-47-44-41-29-26-23-20-17-14-11-8-2/h19,22,28,30,41,44,55,58,64-65H,7-18,20-21,23-27,29,31-40,42-43,45-54,56-57,59-63H2,1-6H3,(H-,68,70,72,73)/p+1/b22-19-,30-28-,44-41-,58-55-. The zero-order chi connectivity index (χ0) is 56.4. The van der Waals surface area contributed by atoms with E-state index in [1.54, 1.807) is 0 Å². The molecule has 0 aromatic carbocycles. The smallest absolute Gasteiger partial charge is 0.456 e. The van der Waals surface area contributed by atoms with Crippen LogP contribution in [0.15, 0.2) is 48.6 Å². The fourth-order valence-corrected chi connectivity index (χ4v) is 10.3. The third kappa shape index (κ3) is 58.4. The number of amides is 1. The van der Waals surface area contributed by atoms with Gasteiger partial charge in [0.2, 0.25) is 5.91 Å². The van der Waals surface area contributed by atoms with Gasteiger partial charge in [-0.1, -0.05) is 262 Å². The van der Waals surface area contributed by atoms with Gasteiger partial charge >= 0.3 is 13.8 Å². The number of nitrogens with zero attached hydrogens (tertiary/aromatic N) is 1. The minimum Gasteiger partial charge on any atom is -0.456 e. The van der Waals surface area contributed by atoms with E-state index in [1.165, 1.54) is 205 Å².